The van der Waals surface area contributed by atoms with Crippen LogP contribution in [0.3, 0.4) is 0 Å². The van der Waals surface area contributed by atoms with Crippen molar-refractivity contribution in [1.29, 1.82) is 0 Å². The zero-order chi connectivity index (χ0) is 14.6. The van der Waals surface area contributed by atoms with Crippen molar-refractivity contribution in [2.24, 2.45) is 0 Å². The molecule has 1 N–H and O–H groups in total. The first-order valence-electron chi connectivity index (χ1n) is 6.83. The van der Waals surface area contributed by atoms with Gasteiger partial charge in [-0.3, -0.25) is 0 Å². The van der Waals surface area contributed by atoms with Crippen LogP contribution in [-0.2, 0) is 4.79 Å². The summed E-state index contributed by atoms with van der Waals surface area (Å²) in [7, 11) is 3.61. The molecule has 1 aliphatic heterocycles. The maximum Gasteiger partial charge on any atom is 0.326 e. The molecule has 0 radical (unpaired) electrons. The van der Waals surface area contributed by atoms with Gasteiger partial charge in [-0.2, -0.15) is 0 Å². The van der Waals surface area contributed by atoms with E-state index in [-0.39, 0.29) is 12.1 Å². The molecule has 1 aliphatic rings. The van der Waals surface area contributed by atoms with Gasteiger partial charge in [-0.05, 0) is 33.4 Å². The Kier molecular flexibility index (Phi) is 5.60. The fraction of sp³-hybridized carbons (Fsp3) is 0.846. The van der Waals surface area contributed by atoms with E-state index in [0.717, 1.165) is 25.9 Å². The molecular formula is C13H25N3O3. The molecule has 2 unspecified atom stereocenters. The highest BCUT2D eigenvalue weighted by Crippen LogP contribution is 2.15. The SMILES string of the molecule is CCC1CN(C)CCCN1C(=O)N(C)C(C)C(=O)O. The molecule has 6 heteroatoms. The highest BCUT2D eigenvalue weighted by Gasteiger charge is 2.31. The highest BCUT2D eigenvalue weighted by molar-refractivity contribution is 5.82. The number of aliphatic carboxylic acids is 1. The van der Waals surface area contributed by atoms with Crippen molar-refractivity contribution in [3.63, 3.8) is 0 Å². The van der Waals surface area contributed by atoms with Crippen LogP contribution in [0.5, 0.6) is 0 Å². The molecule has 1 heterocycles. The maximum atomic E-state index is 12.4. The lowest BCUT2D eigenvalue weighted by atomic mass is 10.2. The summed E-state index contributed by atoms with van der Waals surface area (Å²) in [5.41, 5.74) is 0. The third-order valence-electron chi connectivity index (χ3n) is 3.86. The topological polar surface area (TPSA) is 64.1 Å². The molecule has 2 atom stereocenters. The molecule has 0 saturated carbocycles. The van der Waals surface area contributed by atoms with Gasteiger partial charge in [-0.15, -0.1) is 0 Å². The Labute approximate surface area is 115 Å². The second kappa shape index (κ2) is 6.75. The predicted molar refractivity (Wildman–Crippen MR) is 73.2 cm³/mol. The Bertz CT molecular complexity index is 335. The summed E-state index contributed by atoms with van der Waals surface area (Å²) in [6.45, 7) is 6.10. The van der Waals surface area contributed by atoms with Crippen molar-refractivity contribution in [2.75, 3.05) is 33.7 Å². The largest absolute Gasteiger partial charge is 0.480 e. The van der Waals surface area contributed by atoms with Gasteiger partial charge in [0.2, 0.25) is 0 Å². The van der Waals surface area contributed by atoms with Crippen LogP contribution in [0.1, 0.15) is 26.7 Å². The molecule has 6 nitrogen and oxygen atoms in total. The number of nitrogens with zero attached hydrogens (tertiary/aromatic N) is 3. The second-order valence-corrected chi connectivity index (χ2v) is 5.28. The van der Waals surface area contributed by atoms with Gasteiger partial charge in [0.25, 0.3) is 0 Å². The molecule has 110 valence electrons. The summed E-state index contributed by atoms with van der Waals surface area (Å²) in [6.07, 6.45) is 1.80. The monoisotopic (exact) mass is 271 g/mol. The van der Waals surface area contributed by atoms with Crippen LogP contribution in [0.2, 0.25) is 0 Å². The van der Waals surface area contributed by atoms with E-state index >= 15 is 0 Å². The van der Waals surface area contributed by atoms with Crippen LogP contribution in [0, 0.1) is 0 Å². The Morgan fingerprint density at radius 3 is 2.58 bits per heavy atom. The van der Waals surface area contributed by atoms with Gasteiger partial charge < -0.3 is 19.8 Å². The minimum atomic E-state index is -0.976. The van der Waals surface area contributed by atoms with Crippen molar-refractivity contribution in [3.05, 3.63) is 0 Å². The lowest BCUT2D eigenvalue weighted by Gasteiger charge is -2.34. The number of likely N-dealkylation sites (N-methyl/N-ethyl adjacent to an activating group) is 2. The van der Waals surface area contributed by atoms with Gasteiger partial charge in [-0.1, -0.05) is 6.92 Å². The number of carboxylic acid groups (broad SMARTS) is 1. The van der Waals surface area contributed by atoms with Gasteiger partial charge in [-0.25, -0.2) is 9.59 Å². The molecule has 0 spiro atoms. The van der Waals surface area contributed by atoms with E-state index in [9.17, 15) is 9.59 Å². The van der Waals surface area contributed by atoms with E-state index in [1.165, 1.54) is 11.8 Å². The molecule has 0 bridgehead atoms. The third kappa shape index (κ3) is 3.83. The smallest absolute Gasteiger partial charge is 0.326 e. The normalized spacial score (nSPS) is 22.7. The zero-order valence-electron chi connectivity index (χ0n) is 12.3. The van der Waals surface area contributed by atoms with E-state index in [1.807, 2.05) is 4.90 Å². The number of urea groups is 1. The van der Waals surface area contributed by atoms with Crippen LogP contribution < -0.4 is 0 Å². The number of hydrogen-bond donors (Lipinski definition) is 1. The summed E-state index contributed by atoms with van der Waals surface area (Å²) in [4.78, 5) is 28.8. The van der Waals surface area contributed by atoms with Crippen LogP contribution in [-0.4, -0.2) is 77.6 Å². The van der Waals surface area contributed by atoms with E-state index in [1.54, 1.807) is 7.05 Å². The molecule has 1 fully saturated rings. The molecule has 1 rings (SSSR count). The van der Waals surface area contributed by atoms with Crippen LogP contribution in [0.25, 0.3) is 0 Å². The standard InChI is InChI=1S/C13H25N3O3/c1-5-11-9-14(3)7-6-8-16(11)13(19)15(4)10(2)12(17)18/h10-11H,5-9H2,1-4H3,(H,17,18). The van der Waals surface area contributed by atoms with Gasteiger partial charge in [0.05, 0.1) is 0 Å². The minimum absolute atomic E-state index is 0.156. The van der Waals surface area contributed by atoms with Gasteiger partial charge >= 0.3 is 12.0 Å². The number of rotatable bonds is 3. The fourth-order valence-corrected chi connectivity index (χ4v) is 2.38. The molecule has 2 amide bonds. The first-order valence-corrected chi connectivity index (χ1v) is 6.83. The number of amides is 2. The van der Waals surface area contributed by atoms with Crippen molar-refractivity contribution in [3.8, 4) is 0 Å². The molecule has 0 aromatic rings. The molecule has 0 aromatic carbocycles. The van der Waals surface area contributed by atoms with E-state index in [4.69, 9.17) is 5.11 Å². The van der Waals surface area contributed by atoms with Crippen LogP contribution >= 0.6 is 0 Å². The van der Waals surface area contributed by atoms with E-state index in [0.29, 0.717) is 6.54 Å². The fourth-order valence-electron chi connectivity index (χ4n) is 2.38. The summed E-state index contributed by atoms with van der Waals surface area (Å²) >= 11 is 0. The quantitative estimate of drug-likeness (QED) is 0.829. The Balaban J connectivity index is 2.80. The van der Waals surface area contributed by atoms with E-state index < -0.39 is 12.0 Å². The van der Waals surface area contributed by atoms with Crippen LogP contribution in [0.4, 0.5) is 4.79 Å². The Morgan fingerprint density at radius 1 is 1.42 bits per heavy atom. The van der Waals surface area contributed by atoms with Crippen molar-refractivity contribution < 1.29 is 14.7 Å². The average molecular weight is 271 g/mol. The molecule has 19 heavy (non-hydrogen) atoms. The summed E-state index contributed by atoms with van der Waals surface area (Å²) in [6, 6.07) is -0.827. The molecule has 1 saturated heterocycles. The van der Waals surface area contributed by atoms with Gasteiger partial charge in [0.15, 0.2) is 0 Å². The number of carbonyl (C=O) groups excluding carboxylic acids is 1. The second-order valence-electron chi connectivity index (χ2n) is 5.28. The number of carbonyl (C=O) groups is 2. The first-order chi connectivity index (χ1) is 8.88. The maximum absolute atomic E-state index is 12.4. The summed E-state index contributed by atoms with van der Waals surface area (Å²) in [5, 5.41) is 9.00. The predicted octanol–water partition coefficient (Wildman–Crippen LogP) is 0.927. The van der Waals surface area contributed by atoms with Gasteiger partial charge in [0, 0.05) is 26.2 Å². The third-order valence-corrected chi connectivity index (χ3v) is 3.86. The lowest BCUT2D eigenvalue weighted by Crippen LogP contribution is -2.52. The number of carboxylic acids is 1. The average Bonchev–Trinajstić information content (AvgIpc) is 2.57. The highest BCUT2D eigenvalue weighted by atomic mass is 16.4. The summed E-state index contributed by atoms with van der Waals surface area (Å²) < 4.78 is 0. The van der Waals surface area contributed by atoms with Gasteiger partial charge in [0.1, 0.15) is 6.04 Å². The van der Waals surface area contributed by atoms with E-state index in [2.05, 4.69) is 18.9 Å². The molecule has 0 aliphatic carbocycles. The first kappa shape index (κ1) is 15.8. The lowest BCUT2D eigenvalue weighted by molar-refractivity contribution is -0.141. The zero-order valence-corrected chi connectivity index (χ0v) is 12.3. The molecular weight excluding hydrogens is 246 g/mol. The van der Waals surface area contributed by atoms with Crippen molar-refractivity contribution >= 4 is 12.0 Å². The Morgan fingerprint density at radius 2 is 2.05 bits per heavy atom. The minimum Gasteiger partial charge on any atom is -0.480 e. The van der Waals surface area contributed by atoms with Crippen molar-refractivity contribution in [1.82, 2.24) is 14.7 Å². The van der Waals surface area contributed by atoms with Crippen molar-refractivity contribution in [2.45, 2.75) is 38.8 Å². The number of hydrogen-bond acceptors (Lipinski definition) is 3. The summed E-state index contributed by atoms with van der Waals surface area (Å²) in [5.74, 6) is -0.976. The van der Waals surface area contributed by atoms with Crippen LogP contribution in [0.15, 0.2) is 0 Å². The molecule has 0 aromatic heterocycles. The Hall–Kier alpha value is -1.30.